The third-order valence-electron chi connectivity index (χ3n) is 3.33. The molecule has 0 aromatic carbocycles. The number of nitrogens with one attached hydrogen (secondary N) is 1. The number of amidine groups is 1. The van der Waals surface area contributed by atoms with E-state index in [1.807, 2.05) is 36.1 Å². The maximum absolute atomic E-state index is 8.15. The first kappa shape index (κ1) is 11.2. The van der Waals surface area contributed by atoms with E-state index in [4.69, 9.17) is 5.41 Å². The number of aryl methyl sites for hydroxylation is 1. The Morgan fingerprint density at radius 1 is 1.56 bits per heavy atom. The van der Waals surface area contributed by atoms with Crippen molar-refractivity contribution in [1.29, 1.82) is 5.41 Å². The average molecular weight is 220 g/mol. The molecule has 1 aromatic heterocycles. The van der Waals surface area contributed by atoms with Crippen LogP contribution < -0.4 is 0 Å². The quantitative estimate of drug-likeness (QED) is 0.625. The lowest BCUT2D eigenvalue weighted by atomic mass is 10.1. The summed E-state index contributed by atoms with van der Waals surface area (Å²) in [6.07, 6.45) is 8.84. The molecule has 0 radical (unpaired) electrons. The Bertz CT molecular complexity index is 363. The highest BCUT2D eigenvalue weighted by Gasteiger charge is 2.22. The van der Waals surface area contributed by atoms with Gasteiger partial charge in [0, 0.05) is 38.3 Å². The van der Waals surface area contributed by atoms with Crippen LogP contribution in [0.1, 0.15) is 31.2 Å². The highest BCUT2D eigenvalue weighted by atomic mass is 15.2. The van der Waals surface area contributed by atoms with Crippen molar-refractivity contribution in [3.8, 4) is 0 Å². The molecule has 1 N–H and O–H groups in total. The Hall–Kier alpha value is -1.32. The molecule has 0 saturated heterocycles. The van der Waals surface area contributed by atoms with Crippen molar-refractivity contribution in [2.45, 2.75) is 32.2 Å². The van der Waals surface area contributed by atoms with Gasteiger partial charge in [-0.3, -0.25) is 10.1 Å². The minimum absolute atomic E-state index is 0.488. The van der Waals surface area contributed by atoms with E-state index in [9.17, 15) is 0 Å². The number of hydrogen-bond acceptors (Lipinski definition) is 2. The molecule has 2 rings (SSSR count). The van der Waals surface area contributed by atoms with Crippen molar-refractivity contribution in [2.75, 3.05) is 7.05 Å². The average Bonchev–Trinajstić information content (AvgIpc) is 2.88. The predicted octanol–water partition coefficient (Wildman–Crippen LogP) is 2.02. The summed E-state index contributed by atoms with van der Waals surface area (Å²) in [5.74, 6) is 1.28. The van der Waals surface area contributed by atoms with E-state index in [0.29, 0.717) is 5.92 Å². The molecule has 1 aromatic rings. The van der Waals surface area contributed by atoms with Crippen LogP contribution in [-0.4, -0.2) is 27.6 Å². The van der Waals surface area contributed by atoms with Crippen molar-refractivity contribution in [3.63, 3.8) is 0 Å². The molecular weight excluding hydrogens is 200 g/mol. The lowest BCUT2D eigenvalue weighted by Gasteiger charge is -2.23. The fourth-order valence-electron chi connectivity index (χ4n) is 2.42. The fraction of sp³-hybridized carbons (Fsp3) is 0.667. The fourth-order valence-corrected chi connectivity index (χ4v) is 2.42. The molecule has 1 saturated carbocycles. The van der Waals surface area contributed by atoms with Gasteiger partial charge >= 0.3 is 0 Å². The monoisotopic (exact) mass is 220 g/mol. The third-order valence-corrected chi connectivity index (χ3v) is 3.33. The minimum Gasteiger partial charge on any atom is -0.359 e. The van der Waals surface area contributed by atoms with E-state index < -0.39 is 0 Å². The maximum Gasteiger partial charge on any atom is 0.0989 e. The van der Waals surface area contributed by atoms with Crippen LogP contribution in [0.25, 0.3) is 0 Å². The van der Waals surface area contributed by atoms with Crippen molar-refractivity contribution in [2.24, 2.45) is 13.0 Å². The second kappa shape index (κ2) is 4.68. The van der Waals surface area contributed by atoms with E-state index in [2.05, 4.69) is 5.10 Å². The summed E-state index contributed by atoms with van der Waals surface area (Å²) in [6, 6.07) is 0. The Morgan fingerprint density at radius 2 is 2.25 bits per heavy atom. The zero-order chi connectivity index (χ0) is 11.5. The Kier molecular flexibility index (Phi) is 3.27. The molecule has 1 aliphatic rings. The van der Waals surface area contributed by atoms with Gasteiger partial charge in [-0.1, -0.05) is 12.8 Å². The van der Waals surface area contributed by atoms with Crippen LogP contribution in [0.3, 0.4) is 0 Å². The first-order valence-electron chi connectivity index (χ1n) is 5.94. The molecule has 16 heavy (non-hydrogen) atoms. The summed E-state index contributed by atoms with van der Waals surface area (Å²) < 4.78 is 1.81. The molecule has 1 heterocycles. The van der Waals surface area contributed by atoms with Crippen LogP contribution in [0.4, 0.5) is 0 Å². The first-order chi connectivity index (χ1) is 7.66. The van der Waals surface area contributed by atoms with Crippen LogP contribution in [0.15, 0.2) is 12.4 Å². The summed E-state index contributed by atoms with van der Waals surface area (Å²) in [4.78, 5) is 2.05. The molecule has 0 bridgehead atoms. The lowest BCUT2D eigenvalue weighted by molar-refractivity contribution is 0.455. The summed E-state index contributed by atoms with van der Waals surface area (Å²) >= 11 is 0. The van der Waals surface area contributed by atoms with Gasteiger partial charge < -0.3 is 4.90 Å². The number of hydrogen-bond donors (Lipinski definition) is 1. The molecule has 4 heteroatoms. The molecule has 0 unspecified atom stereocenters. The van der Waals surface area contributed by atoms with Gasteiger partial charge in [0.15, 0.2) is 0 Å². The van der Waals surface area contributed by atoms with Crippen LogP contribution in [0.2, 0.25) is 0 Å². The topological polar surface area (TPSA) is 44.9 Å². The van der Waals surface area contributed by atoms with Gasteiger partial charge in [0.2, 0.25) is 0 Å². The van der Waals surface area contributed by atoms with Gasteiger partial charge in [-0.25, -0.2) is 0 Å². The van der Waals surface area contributed by atoms with Crippen molar-refractivity contribution >= 4 is 5.84 Å². The number of aromatic nitrogens is 2. The molecule has 88 valence electrons. The van der Waals surface area contributed by atoms with Crippen LogP contribution in [-0.2, 0) is 13.6 Å². The second-order valence-electron chi connectivity index (χ2n) is 4.74. The van der Waals surface area contributed by atoms with Crippen LogP contribution in [0, 0.1) is 11.3 Å². The molecule has 0 spiro atoms. The number of rotatable bonds is 3. The highest BCUT2D eigenvalue weighted by molar-refractivity contribution is 5.81. The van der Waals surface area contributed by atoms with Crippen molar-refractivity contribution in [3.05, 3.63) is 18.0 Å². The van der Waals surface area contributed by atoms with E-state index in [0.717, 1.165) is 12.4 Å². The molecule has 4 nitrogen and oxygen atoms in total. The number of nitrogens with zero attached hydrogens (tertiary/aromatic N) is 3. The van der Waals surface area contributed by atoms with Gasteiger partial charge in [0.1, 0.15) is 0 Å². The zero-order valence-electron chi connectivity index (χ0n) is 10.1. The van der Waals surface area contributed by atoms with Gasteiger partial charge in [-0.15, -0.1) is 0 Å². The van der Waals surface area contributed by atoms with Crippen LogP contribution in [0.5, 0.6) is 0 Å². The van der Waals surface area contributed by atoms with E-state index in [-0.39, 0.29) is 0 Å². The third kappa shape index (κ3) is 2.43. The largest absolute Gasteiger partial charge is 0.359 e. The smallest absolute Gasteiger partial charge is 0.0989 e. The molecule has 1 fully saturated rings. The summed E-state index contributed by atoms with van der Waals surface area (Å²) in [6.45, 7) is 0.795. The first-order valence-corrected chi connectivity index (χ1v) is 5.94. The van der Waals surface area contributed by atoms with E-state index in [1.54, 1.807) is 0 Å². The van der Waals surface area contributed by atoms with E-state index >= 15 is 0 Å². The molecule has 1 aliphatic carbocycles. The Morgan fingerprint density at radius 3 is 2.81 bits per heavy atom. The normalized spacial score (nSPS) is 16.6. The minimum atomic E-state index is 0.488. The highest BCUT2D eigenvalue weighted by Crippen LogP contribution is 2.26. The standard InChI is InChI=1S/C12H20N4/c1-15(8-10-7-14-16(2)9-10)12(13)11-5-3-4-6-11/h7,9,11,13H,3-6,8H2,1-2H3. The van der Waals surface area contributed by atoms with Gasteiger partial charge in [0.25, 0.3) is 0 Å². The maximum atomic E-state index is 8.15. The summed E-state index contributed by atoms with van der Waals surface area (Å²) in [5, 5.41) is 12.3. The molecule has 0 atom stereocenters. The van der Waals surface area contributed by atoms with Crippen molar-refractivity contribution in [1.82, 2.24) is 14.7 Å². The Balaban J connectivity index is 1.91. The summed E-state index contributed by atoms with van der Waals surface area (Å²) in [5.41, 5.74) is 1.17. The Labute approximate surface area is 96.8 Å². The molecule has 0 aliphatic heterocycles. The molecular formula is C12H20N4. The lowest BCUT2D eigenvalue weighted by Crippen LogP contribution is -2.30. The molecule has 0 amide bonds. The van der Waals surface area contributed by atoms with Gasteiger partial charge in [-0.2, -0.15) is 5.10 Å². The van der Waals surface area contributed by atoms with Gasteiger partial charge in [0.05, 0.1) is 12.0 Å². The van der Waals surface area contributed by atoms with Crippen molar-refractivity contribution < 1.29 is 0 Å². The predicted molar refractivity (Wildman–Crippen MR) is 64.4 cm³/mol. The van der Waals surface area contributed by atoms with Gasteiger partial charge in [-0.05, 0) is 12.8 Å². The van der Waals surface area contributed by atoms with E-state index in [1.165, 1.54) is 31.2 Å². The summed E-state index contributed by atoms with van der Waals surface area (Å²) in [7, 11) is 3.93. The zero-order valence-corrected chi connectivity index (χ0v) is 10.1. The van der Waals surface area contributed by atoms with Crippen LogP contribution >= 0.6 is 0 Å². The SMILES string of the molecule is CN(Cc1cnn(C)c1)C(=N)C1CCCC1. The second-order valence-corrected chi connectivity index (χ2v) is 4.74.